The Morgan fingerprint density at radius 3 is 2.75 bits per heavy atom. The maximum absolute atomic E-state index is 5.93. The summed E-state index contributed by atoms with van der Waals surface area (Å²) in [5.41, 5.74) is 4.44. The first-order valence-corrected chi connectivity index (χ1v) is 7.82. The molecule has 0 radical (unpaired) electrons. The third-order valence-electron chi connectivity index (χ3n) is 3.29. The highest BCUT2D eigenvalue weighted by atomic mass is 79.9. The molecule has 0 fully saturated rings. The molecule has 0 saturated heterocycles. The van der Waals surface area contributed by atoms with Gasteiger partial charge in [-0.2, -0.15) is 0 Å². The van der Waals surface area contributed by atoms with Gasteiger partial charge in [0.25, 0.3) is 0 Å². The first-order chi connectivity index (χ1) is 9.70. The summed E-state index contributed by atoms with van der Waals surface area (Å²) in [6.07, 6.45) is 0.747. The lowest BCUT2D eigenvalue weighted by Gasteiger charge is -2.10. The number of hydrogen-bond donors (Lipinski definition) is 0. The minimum absolute atomic E-state index is 0.562. The van der Waals surface area contributed by atoms with E-state index in [0.29, 0.717) is 5.88 Å². The monoisotopic (exact) mass is 348 g/mol. The highest BCUT2D eigenvalue weighted by molar-refractivity contribution is 9.10. The highest BCUT2D eigenvalue weighted by Gasteiger charge is 2.13. The van der Waals surface area contributed by atoms with Crippen LogP contribution in [0.3, 0.4) is 0 Å². The number of hydrogen-bond acceptors (Lipinski definition) is 1. The molecule has 2 aromatic carbocycles. The lowest BCUT2D eigenvalue weighted by molar-refractivity contribution is 0.909. The van der Waals surface area contributed by atoms with Crippen molar-refractivity contribution < 1.29 is 0 Å². The number of halogens is 2. The lowest BCUT2D eigenvalue weighted by Crippen LogP contribution is -2.02. The average Bonchev–Trinajstić information content (AvgIpc) is 2.77. The Labute approximate surface area is 131 Å². The lowest BCUT2D eigenvalue weighted by atomic mass is 10.2. The van der Waals surface area contributed by atoms with Crippen LogP contribution >= 0.6 is 27.5 Å². The van der Waals surface area contributed by atoms with E-state index in [1.807, 2.05) is 18.2 Å². The number of aromatic nitrogens is 2. The molecule has 3 aromatic rings. The molecule has 0 bridgehead atoms. The van der Waals surface area contributed by atoms with Crippen molar-refractivity contribution in [2.24, 2.45) is 0 Å². The second-order valence-corrected chi connectivity index (χ2v) is 5.98. The fourth-order valence-corrected chi connectivity index (χ4v) is 3.03. The van der Waals surface area contributed by atoms with E-state index < -0.39 is 0 Å². The van der Waals surface area contributed by atoms with Crippen LogP contribution < -0.4 is 0 Å². The van der Waals surface area contributed by atoms with Crippen molar-refractivity contribution in [1.29, 1.82) is 0 Å². The van der Waals surface area contributed by atoms with E-state index in [1.165, 1.54) is 5.56 Å². The minimum Gasteiger partial charge on any atom is -0.295 e. The van der Waals surface area contributed by atoms with E-state index in [2.05, 4.69) is 51.7 Å². The van der Waals surface area contributed by atoms with Gasteiger partial charge in [-0.3, -0.25) is 4.57 Å². The second kappa shape index (κ2) is 5.58. The largest absolute Gasteiger partial charge is 0.295 e. The van der Waals surface area contributed by atoms with Crippen molar-refractivity contribution >= 4 is 38.6 Å². The van der Waals surface area contributed by atoms with Crippen LogP contribution in [0.2, 0.25) is 0 Å². The number of alkyl halides is 1. The summed E-state index contributed by atoms with van der Waals surface area (Å²) in [5, 5.41) is 0. The fraction of sp³-hybridized carbons (Fsp3) is 0.188. The van der Waals surface area contributed by atoms with Crippen LogP contribution in [0.5, 0.6) is 0 Å². The normalized spacial score (nSPS) is 11.2. The molecule has 0 spiro atoms. The maximum atomic E-state index is 5.93. The van der Waals surface area contributed by atoms with Gasteiger partial charge >= 0.3 is 0 Å². The van der Waals surface area contributed by atoms with E-state index in [9.17, 15) is 0 Å². The Morgan fingerprint density at radius 1 is 1.20 bits per heavy atom. The summed E-state index contributed by atoms with van der Waals surface area (Å²) >= 11 is 9.55. The number of aryl methyl sites for hydroxylation is 2. The Morgan fingerprint density at radius 2 is 2.00 bits per heavy atom. The summed E-state index contributed by atoms with van der Waals surface area (Å²) in [7, 11) is 0. The molecule has 0 unspecified atom stereocenters. The summed E-state index contributed by atoms with van der Waals surface area (Å²) in [6, 6.07) is 14.5. The molecule has 1 heterocycles. The number of rotatable bonds is 3. The van der Waals surface area contributed by atoms with Crippen LogP contribution in [0.1, 0.15) is 11.4 Å². The van der Waals surface area contributed by atoms with Gasteiger partial charge in [0.2, 0.25) is 0 Å². The Bertz CT molecular complexity index is 764. The molecule has 0 N–H and O–H groups in total. The Hall–Kier alpha value is -1.32. The zero-order valence-electron chi connectivity index (χ0n) is 11.1. The zero-order chi connectivity index (χ0) is 14.1. The maximum Gasteiger partial charge on any atom is 0.115 e. The van der Waals surface area contributed by atoms with E-state index >= 15 is 0 Å². The SMILES string of the molecule is Cc1ccc2c(c1)nc(CCCl)n2-c1ccccc1Br. The molecule has 0 atom stereocenters. The molecule has 20 heavy (non-hydrogen) atoms. The smallest absolute Gasteiger partial charge is 0.115 e. The highest BCUT2D eigenvalue weighted by Crippen LogP contribution is 2.27. The number of imidazole rings is 1. The number of para-hydroxylation sites is 1. The summed E-state index contributed by atoms with van der Waals surface area (Å²) in [5.74, 6) is 1.56. The zero-order valence-corrected chi connectivity index (χ0v) is 13.4. The fourth-order valence-electron chi connectivity index (χ4n) is 2.39. The second-order valence-electron chi connectivity index (χ2n) is 4.75. The van der Waals surface area contributed by atoms with E-state index in [-0.39, 0.29) is 0 Å². The average molecular weight is 350 g/mol. The van der Waals surface area contributed by atoms with Crippen LogP contribution in [0.25, 0.3) is 16.7 Å². The van der Waals surface area contributed by atoms with Gasteiger partial charge in [-0.15, -0.1) is 11.6 Å². The van der Waals surface area contributed by atoms with Gasteiger partial charge in [0.05, 0.1) is 16.7 Å². The number of nitrogens with zero attached hydrogens (tertiary/aromatic N) is 2. The van der Waals surface area contributed by atoms with Crippen molar-refractivity contribution in [3.05, 3.63) is 58.3 Å². The first kappa shape index (κ1) is 13.7. The molecule has 3 rings (SSSR count). The van der Waals surface area contributed by atoms with Gasteiger partial charge in [0.15, 0.2) is 0 Å². The molecular formula is C16H14BrClN2. The van der Waals surface area contributed by atoms with Crippen molar-refractivity contribution in [3.8, 4) is 5.69 Å². The topological polar surface area (TPSA) is 17.8 Å². The molecule has 0 saturated carbocycles. The molecular weight excluding hydrogens is 336 g/mol. The molecule has 102 valence electrons. The predicted octanol–water partition coefficient (Wildman–Crippen LogP) is 4.88. The van der Waals surface area contributed by atoms with E-state index in [1.54, 1.807) is 0 Å². The van der Waals surface area contributed by atoms with Crippen molar-refractivity contribution in [3.63, 3.8) is 0 Å². The third-order valence-corrected chi connectivity index (χ3v) is 4.15. The summed E-state index contributed by atoms with van der Waals surface area (Å²) in [4.78, 5) is 4.74. The molecule has 0 aliphatic rings. The van der Waals surface area contributed by atoms with Crippen LogP contribution in [0.4, 0.5) is 0 Å². The van der Waals surface area contributed by atoms with Crippen LogP contribution in [-0.2, 0) is 6.42 Å². The van der Waals surface area contributed by atoms with Crippen molar-refractivity contribution in [1.82, 2.24) is 9.55 Å². The Balaban J connectivity index is 2.32. The van der Waals surface area contributed by atoms with Gasteiger partial charge in [-0.1, -0.05) is 18.2 Å². The van der Waals surface area contributed by atoms with Crippen LogP contribution in [0.15, 0.2) is 46.9 Å². The molecule has 0 aliphatic heterocycles. The minimum atomic E-state index is 0.562. The standard InChI is InChI=1S/C16H14BrClN2/c1-11-6-7-15-13(10-11)19-16(8-9-18)20(15)14-5-3-2-4-12(14)17/h2-7,10H,8-9H2,1H3. The van der Waals surface area contributed by atoms with Crippen molar-refractivity contribution in [2.45, 2.75) is 13.3 Å². The van der Waals surface area contributed by atoms with E-state index in [0.717, 1.165) is 33.4 Å². The van der Waals surface area contributed by atoms with Gasteiger partial charge in [0.1, 0.15) is 5.82 Å². The molecule has 0 aliphatic carbocycles. The summed E-state index contributed by atoms with van der Waals surface area (Å²) in [6.45, 7) is 2.08. The Kier molecular flexibility index (Phi) is 3.81. The van der Waals surface area contributed by atoms with Crippen LogP contribution in [-0.4, -0.2) is 15.4 Å². The van der Waals surface area contributed by atoms with Gasteiger partial charge in [-0.25, -0.2) is 4.98 Å². The van der Waals surface area contributed by atoms with Crippen LogP contribution in [0, 0.1) is 6.92 Å². The molecule has 0 amide bonds. The first-order valence-electron chi connectivity index (χ1n) is 6.49. The molecule has 2 nitrogen and oxygen atoms in total. The van der Waals surface area contributed by atoms with Crippen molar-refractivity contribution in [2.75, 3.05) is 5.88 Å². The number of benzene rings is 2. The third kappa shape index (κ3) is 2.36. The molecule has 4 heteroatoms. The number of fused-ring (bicyclic) bond motifs is 1. The van der Waals surface area contributed by atoms with Gasteiger partial charge < -0.3 is 0 Å². The quantitative estimate of drug-likeness (QED) is 0.616. The summed E-state index contributed by atoms with van der Waals surface area (Å²) < 4.78 is 3.23. The van der Waals surface area contributed by atoms with Gasteiger partial charge in [0, 0.05) is 16.8 Å². The predicted molar refractivity (Wildman–Crippen MR) is 87.9 cm³/mol. The van der Waals surface area contributed by atoms with Gasteiger partial charge in [-0.05, 0) is 52.7 Å². The van der Waals surface area contributed by atoms with E-state index in [4.69, 9.17) is 16.6 Å². The molecule has 1 aromatic heterocycles.